The molecule has 1 unspecified atom stereocenters. The highest BCUT2D eigenvalue weighted by atomic mass is 32.2. The van der Waals surface area contributed by atoms with E-state index in [4.69, 9.17) is 0 Å². The van der Waals surface area contributed by atoms with Gasteiger partial charge in [-0.05, 0) is 35.4 Å². The first-order valence-electron chi connectivity index (χ1n) is 9.14. The molecule has 1 N–H and O–H groups in total. The summed E-state index contributed by atoms with van der Waals surface area (Å²) in [7, 11) is 1.74. The first-order chi connectivity index (χ1) is 13.6. The van der Waals surface area contributed by atoms with Crippen LogP contribution in [0.15, 0.2) is 84.9 Å². The second-order valence-corrected chi connectivity index (χ2v) is 7.58. The van der Waals surface area contributed by atoms with Gasteiger partial charge in [-0.15, -0.1) is 11.8 Å². The van der Waals surface area contributed by atoms with Gasteiger partial charge in [-0.2, -0.15) is 0 Å². The number of nitrogens with one attached hydrogen (secondary N) is 1. The van der Waals surface area contributed by atoms with E-state index in [0.29, 0.717) is 0 Å². The molecule has 3 aromatic carbocycles. The summed E-state index contributed by atoms with van der Waals surface area (Å²) < 4.78 is 13.9. The number of anilines is 1. The number of para-hydroxylation sites is 1. The summed E-state index contributed by atoms with van der Waals surface area (Å²) in [5.74, 6) is 0.415. The Morgan fingerprint density at radius 2 is 1.57 bits per heavy atom. The van der Waals surface area contributed by atoms with E-state index >= 15 is 0 Å². The molecule has 0 radical (unpaired) electrons. The minimum absolute atomic E-state index is 0.170. The summed E-state index contributed by atoms with van der Waals surface area (Å²) in [5.41, 5.74) is 2.48. The van der Waals surface area contributed by atoms with Crippen molar-refractivity contribution in [3.05, 3.63) is 102 Å². The van der Waals surface area contributed by atoms with Gasteiger partial charge < -0.3 is 10.2 Å². The van der Waals surface area contributed by atoms with Crippen LogP contribution in [0.25, 0.3) is 0 Å². The molecule has 3 rings (SSSR count). The SMILES string of the molecule is CN(C(=O)Nc1ccccc1F)C(SCCc1ccccc1)c1ccccc1. The van der Waals surface area contributed by atoms with Gasteiger partial charge >= 0.3 is 6.03 Å². The number of nitrogens with zero attached hydrogens (tertiary/aromatic N) is 1. The number of aryl methyl sites for hydroxylation is 1. The quantitative estimate of drug-likeness (QED) is 0.501. The predicted octanol–water partition coefficient (Wildman–Crippen LogP) is 5.96. The van der Waals surface area contributed by atoms with Crippen molar-refractivity contribution in [3.8, 4) is 0 Å². The monoisotopic (exact) mass is 394 g/mol. The number of urea groups is 1. The van der Waals surface area contributed by atoms with E-state index in [2.05, 4.69) is 17.4 Å². The van der Waals surface area contributed by atoms with Crippen molar-refractivity contribution >= 4 is 23.5 Å². The molecule has 2 amide bonds. The molecule has 3 nitrogen and oxygen atoms in total. The fourth-order valence-electron chi connectivity index (χ4n) is 2.85. The van der Waals surface area contributed by atoms with Crippen molar-refractivity contribution in [2.45, 2.75) is 11.8 Å². The Bertz CT molecular complexity index is 889. The number of thioether (sulfide) groups is 1. The summed E-state index contributed by atoms with van der Waals surface area (Å²) in [6.07, 6.45) is 0.914. The van der Waals surface area contributed by atoms with Crippen molar-refractivity contribution in [3.63, 3.8) is 0 Å². The zero-order chi connectivity index (χ0) is 19.8. The van der Waals surface area contributed by atoms with Gasteiger partial charge in [0.05, 0.1) is 5.69 Å². The largest absolute Gasteiger partial charge is 0.322 e. The number of hydrogen-bond donors (Lipinski definition) is 1. The first kappa shape index (κ1) is 20.0. The summed E-state index contributed by atoms with van der Waals surface area (Å²) in [6, 6.07) is 26.0. The normalized spacial score (nSPS) is 11.6. The average Bonchev–Trinajstić information content (AvgIpc) is 2.74. The molecule has 0 saturated heterocycles. The lowest BCUT2D eigenvalue weighted by atomic mass is 10.2. The van der Waals surface area contributed by atoms with Gasteiger partial charge in [-0.3, -0.25) is 0 Å². The number of halogens is 1. The smallest absolute Gasteiger partial charge is 0.311 e. The maximum absolute atomic E-state index is 13.9. The second-order valence-electron chi connectivity index (χ2n) is 6.39. The van der Waals surface area contributed by atoms with E-state index in [1.54, 1.807) is 41.9 Å². The molecule has 1 atom stereocenters. The topological polar surface area (TPSA) is 32.3 Å². The van der Waals surface area contributed by atoms with Gasteiger partial charge in [0.1, 0.15) is 11.2 Å². The van der Waals surface area contributed by atoms with E-state index < -0.39 is 5.82 Å². The zero-order valence-electron chi connectivity index (χ0n) is 15.7. The lowest BCUT2D eigenvalue weighted by Crippen LogP contribution is -2.34. The summed E-state index contributed by atoms with van der Waals surface area (Å²) in [5, 5.41) is 2.50. The van der Waals surface area contributed by atoms with E-state index in [-0.39, 0.29) is 17.1 Å². The van der Waals surface area contributed by atoms with Crippen LogP contribution in [0, 0.1) is 5.82 Å². The van der Waals surface area contributed by atoms with Crippen LogP contribution in [0.5, 0.6) is 0 Å². The van der Waals surface area contributed by atoms with Crippen molar-refractivity contribution in [1.82, 2.24) is 4.90 Å². The molecule has 3 aromatic rings. The highest BCUT2D eigenvalue weighted by molar-refractivity contribution is 7.99. The summed E-state index contributed by atoms with van der Waals surface area (Å²) >= 11 is 1.69. The van der Waals surface area contributed by atoms with Crippen LogP contribution in [0.4, 0.5) is 14.9 Å². The number of carbonyl (C=O) groups is 1. The molecule has 0 aliphatic heterocycles. The number of benzene rings is 3. The predicted molar refractivity (Wildman–Crippen MR) is 115 cm³/mol. The Hall–Kier alpha value is -2.79. The molecule has 0 spiro atoms. The molecule has 144 valence electrons. The van der Waals surface area contributed by atoms with Crippen LogP contribution < -0.4 is 5.32 Å². The Balaban J connectivity index is 1.70. The van der Waals surface area contributed by atoms with Crippen molar-refractivity contribution in [2.75, 3.05) is 18.1 Å². The van der Waals surface area contributed by atoms with Crippen LogP contribution in [0.1, 0.15) is 16.5 Å². The van der Waals surface area contributed by atoms with E-state index in [1.165, 1.54) is 11.6 Å². The lowest BCUT2D eigenvalue weighted by molar-refractivity contribution is 0.219. The zero-order valence-corrected chi connectivity index (χ0v) is 16.5. The Morgan fingerprint density at radius 1 is 0.964 bits per heavy atom. The van der Waals surface area contributed by atoms with Crippen molar-refractivity contribution in [2.24, 2.45) is 0 Å². The Kier molecular flexibility index (Phi) is 7.09. The third kappa shape index (κ3) is 5.36. The van der Waals surface area contributed by atoms with Gasteiger partial charge in [0.2, 0.25) is 0 Å². The Labute approximate surface area is 169 Å². The van der Waals surface area contributed by atoms with E-state index in [0.717, 1.165) is 17.7 Å². The maximum Gasteiger partial charge on any atom is 0.322 e. The van der Waals surface area contributed by atoms with Gasteiger partial charge in [0.15, 0.2) is 0 Å². The molecular weight excluding hydrogens is 371 g/mol. The molecule has 28 heavy (non-hydrogen) atoms. The van der Waals surface area contributed by atoms with Gasteiger partial charge in [0.25, 0.3) is 0 Å². The molecule has 0 aromatic heterocycles. The highest BCUT2D eigenvalue weighted by Gasteiger charge is 2.22. The number of amides is 2. The van der Waals surface area contributed by atoms with Crippen molar-refractivity contribution < 1.29 is 9.18 Å². The molecule has 0 bridgehead atoms. The molecule has 0 fully saturated rings. The maximum atomic E-state index is 13.9. The van der Waals surface area contributed by atoms with Crippen LogP contribution in [-0.4, -0.2) is 23.7 Å². The average molecular weight is 395 g/mol. The minimum Gasteiger partial charge on any atom is -0.311 e. The standard InChI is InChI=1S/C23H23FN2OS/c1-26(23(27)25-21-15-9-8-14-20(21)24)22(19-12-6-3-7-13-19)28-17-16-18-10-4-2-5-11-18/h2-15,22H,16-17H2,1H3,(H,25,27). The molecule has 5 heteroatoms. The van der Waals surface area contributed by atoms with Gasteiger partial charge in [-0.25, -0.2) is 9.18 Å². The van der Waals surface area contributed by atoms with Crippen LogP contribution in [-0.2, 0) is 6.42 Å². The minimum atomic E-state index is -0.447. The van der Waals surface area contributed by atoms with Crippen molar-refractivity contribution in [1.29, 1.82) is 0 Å². The second kappa shape index (κ2) is 9.95. The number of rotatable bonds is 7. The summed E-state index contributed by atoms with van der Waals surface area (Å²) in [4.78, 5) is 14.4. The molecule has 0 heterocycles. The fourth-order valence-corrected chi connectivity index (χ4v) is 4.10. The first-order valence-corrected chi connectivity index (χ1v) is 10.2. The third-order valence-corrected chi connectivity index (χ3v) is 5.73. The molecule has 0 saturated carbocycles. The Morgan fingerprint density at radius 3 is 2.25 bits per heavy atom. The van der Waals surface area contributed by atoms with E-state index in [1.807, 2.05) is 48.5 Å². The fraction of sp³-hybridized carbons (Fsp3) is 0.174. The van der Waals surface area contributed by atoms with Gasteiger partial charge in [-0.1, -0.05) is 72.8 Å². The molecule has 0 aliphatic carbocycles. The molecular formula is C23H23FN2OS. The molecule has 0 aliphatic rings. The van der Waals surface area contributed by atoms with Gasteiger partial charge in [0, 0.05) is 7.05 Å². The number of hydrogen-bond acceptors (Lipinski definition) is 2. The van der Waals surface area contributed by atoms with Crippen LogP contribution in [0.2, 0.25) is 0 Å². The van der Waals surface area contributed by atoms with E-state index in [9.17, 15) is 9.18 Å². The summed E-state index contributed by atoms with van der Waals surface area (Å²) in [6.45, 7) is 0. The third-order valence-electron chi connectivity index (χ3n) is 4.38. The van der Waals surface area contributed by atoms with Crippen LogP contribution >= 0.6 is 11.8 Å². The van der Waals surface area contributed by atoms with Crippen LogP contribution in [0.3, 0.4) is 0 Å². The lowest BCUT2D eigenvalue weighted by Gasteiger charge is -2.28. The number of carbonyl (C=O) groups excluding carboxylic acids is 1. The highest BCUT2D eigenvalue weighted by Crippen LogP contribution is 2.32.